The van der Waals surface area contributed by atoms with Crippen molar-refractivity contribution >= 4 is 35.4 Å². The molecular weight excluding hydrogens is 1020 g/mol. The average molecular weight is 1110 g/mol. The van der Waals surface area contributed by atoms with Crippen LogP contribution in [0.1, 0.15) is 126 Å². The first-order valence-corrected chi connectivity index (χ1v) is 27.6. The van der Waals surface area contributed by atoms with E-state index in [1.165, 1.54) is 14.2 Å². The number of carbonyl (C=O) groups excluding carboxylic acids is 6. The van der Waals surface area contributed by atoms with E-state index in [4.69, 9.17) is 37.9 Å². The highest BCUT2D eigenvalue weighted by Gasteiger charge is 2.55. The quantitative estimate of drug-likeness (QED) is 0.113. The predicted molar refractivity (Wildman–Crippen MR) is 279 cm³/mol. The van der Waals surface area contributed by atoms with E-state index < -0.39 is 139 Å². The van der Waals surface area contributed by atoms with Gasteiger partial charge in [-0.05, 0) is 107 Å². The maximum atomic E-state index is 14.6. The summed E-state index contributed by atoms with van der Waals surface area (Å²) in [5.74, 6) is -12.1. The van der Waals surface area contributed by atoms with Crippen LogP contribution in [0, 0.1) is 35.5 Å². The van der Waals surface area contributed by atoms with E-state index in [-0.39, 0.29) is 55.4 Å². The molecule has 21 heteroatoms. The lowest BCUT2D eigenvalue weighted by atomic mass is 9.78. The lowest BCUT2D eigenvalue weighted by molar-refractivity contribution is -0.415. The van der Waals surface area contributed by atoms with Crippen molar-refractivity contribution in [2.24, 2.45) is 35.5 Å². The highest BCUT2D eigenvalue weighted by molar-refractivity contribution is 6.39. The number of allylic oxidation sites excluding steroid dienone is 6. The van der Waals surface area contributed by atoms with Crippen molar-refractivity contribution in [3.8, 4) is 0 Å². The number of Topliss-reactive ketones (excluding diaryl/α,β-unsaturated/α-hetero) is 3. The monoisotopic (exact) mass is 1110 g/mol. The van der Waals surface area contributed by atoms with Gasteiger partial charge in [-0.25, -0.2) is 9.59 Å². The van der Waals surface area contributed by atoms with Crippen molar-refractivity contribution in [2.45, 2.75) is 204 Å². The van der Waals surface area contributed by atoms with Crippen LogP contribution in [-0.4, -0.2) is 184 Å². The lowest BCUT2D eigenvalue weighted by Gasteiger charge is -2.42. The number of hydrogen-bond acceptors (Lipinski definition) is 20. The van der Waals surface area contributed by atoms with E-state index in [2.05, 4.69) is 0 Å². The summed E-state index contributed by atoms with van der Waals surface area (Å²) in [6.07, 6.45) is 1.21. The molecule has 21 nitrogen and oxygen atoms in total. The molecule has 0 aromatic rings. The van der Waals surface area contributed by atoms with E-state index in [0.29, 0.717) is 51.4 Å². The van der Waals surface area contributed by atoms with Crippen molar-refractivity contribution < 1.29 is 97.3 Å². The van der Waals surface area contributed by atoms with Crippen LogP contribution in [0.15, 0.2) is 47.6 Å². The van der Waals surface area contributed by atoms with Gasteiger partial charge in [0, 0.05) is 58.5 Å². The number of piperidine rings is 1. The summed E-state index contributed by atoms with van der Waals surface area (Å²) in [5.41, 5.74) is 1.07. The molecule has 440 valence electrons. The number of methoxy groups -OCH3 is 3. The van der Waals surface area contributed by atoms with Crippen LogP contribution in [0.25, 0.3) is 0 Å². The smallest absolute Gasteiger partial charge is 0.460 e. The topological polar surface area (TPSA) is 301 Å². The van der Waals surface area contributed by atoms with Gasteiger partial charge in [0.15, 0.2) is 17.7 Å². The third-order valence-electron chi connectivity index (χ3n) is 16.5. The molecule has 2 bridgehead atoms. The summed E-state index contributed by atoms with van der Waals surface area (Å²) in [6.45, 7) is 11.7. The van der Waals surface area contributed by atoms with Gasteiger partial charge in [0.2, 0.25) is 5.79 Å². The van der Waals surface area contributed by atoms with Crippen LogP contribution in [0.3, 0.4) is 0 Å². The average Bonchev–Trinajstić information content (AvgIpc) is 3.44. The number of nitrogens with zero attached hydrogens (tertiary/aromatic N) is 1. The summed E-state index contributed by atoms with van der Waals surface area (Å²) in [7, 11) is 4.31. The Morgan fingerprint density at radius 1 is 0.833 bits per heavy atom. The van der Waals surface area contributed by atoms with Gasteiger partial charge < -0.3 is 73.4 Å². The van der Waals surface area contributed by atoms with Gasteiger partial charge in [-0.1, -0.05) is 71.1 Å². The molecule has 4 fully saturated rings. The summed E-state index contributed by atoms with van der Waals surface area (Å²) in [5, 5.41) is 64.3. The van der Waals surface area contributed by atoms with Crippen LogP contribution in [0.2, 0.25) is 0 Å². The minimum absolute atomic E-state index is 0.00970. The molecule has 3 saturated heterocycles. The van der Waals surface area contributed by atoms with Crippen LogP contribution in [0.5, 0.6) is 0 Å². The molecular formula is C57H87NO20. The fourth-order valence-electron chi connectivity index (χ4n) is 11.4. The zero-order valence-corrected chi connectivity index (χ0v) is 47.0. The second-order valence-electron chi connectivity index (χ2n) is 22.5. The number of fused-ring (bicyclic) bond motifs is 3. The minimum Gasteiger partial charge on any atom is -0.460 e. The number of amides is 1. The van der Waals surface area contributed by atoms with Crippen molar-refractivity contribution in [3.63, 3.8) is 0 Å². The van der Waals surface area contributed by atoms with Crippen LogP contribution >= 0.6 is 0 Å². The molecule has 0 aromatic carbocycles. The molecule has 5 aliphatic rings. The maximum Gasteiger partial charge on any atom is 0.513 e. The van der Waals surface area contributed by atoms with Crippen LogP contribution < -0.4 is 0 Å². The molecule has 1 amide bonds. The van der Waals surface area contributed by atoms with E-state index in [9.17, 15) is 59.4 Å². The third kappa shape index (κ3) is 16.2. The van der Waals surface area contributed by atoms with Gasteiger partial charge in [-0.3, -0.25) is 19.2 Å². The lowest BCUT2D eigenvalue weighted by Crippen LogP contribution is -2.62. The Labute approximate surface area is 458 Å². The van der Waals surface area contributed by atoms with Gasteiger partial charge >= 0.3 is 18.1 Å². The fourth-order valence-corrected chi connectivity index (χ4v) is 11.4. The Bertz CT molecular complexity index is 2200. The molecule has 4 heterocycles. The Kier molecular flexibility index (Phi) is 24.0. The molecule has 78 heavy (non-hydrogen) atoms. The molecule has 1 aliphatic carbocycles. The molecule has 2 unspecified atom stereocenters. The minimum atomic E-state index is -3.00. The molecule has 6 N–H and O–H groups in total. The standard InChI is InChI=1S/C57H87NO20/c1-31-16-12-11-13-17-32(2)44(71-8)28-39-21-19-37(7)56(69,77-39)52(65)53(66)58-23-15-14-18-40(58)54(67)75-45(29-41(59)33(3)25-36(6)48(62)50(73-10)47(61)35(5)24-31)34(4)26-38-20-22-43(46(27-38)72-9)76-55(68)78-57(70)51(64)49(63)42(60)30-74-57/h11-13,16-17,25,31,34-40,42-46,48-51,60,62-64,69-70H,14-15,18-24,26-30H2,1-10H3/b13-11?,16-12?,32-17?,33-25+/t31-,34-,35-,36?,37-,38-,39+,40+,42+,43-,44+,45+,46-,48-,49+,50+,51?,56-,57+/m1/s1. The van der Waals surface area contributed by atoms with Crippen molar-refractivity contribution in [2.75, 3.05) is 34.5 Å². The number of cyclic esters (lactones) is 1. The van der Waals surface area contributed by atoms with Gasteiger partial charge in [-0.2, -0.15) is 0 Å². The van der Waals surface area contributed by atoms with Gasteiger partial charge in [0.1, 0.15) is 36.6 Å². The zero-order chi connectivity index (χ0) is 57.8. The number of ketones is 3. The Hall–Kier alpha value is -4.26. The Morgan fingerprint density at radius 3 is 2.23 bits per heavy atom. The van der Waals surface area contributed by atoms with E-state index in [1.54, 1.807) is 47.8 Å². The van der Waals surface area contributed by atoms with Gasteiger partial charge in [0.05, 0.1) is 31.0 Å². The zero-order valence-electron chi connectivity index (χ0n) is 47.0. The second-order valence-corrected chi connectivity index (χ2v) is 22.5. The maximum absolute atomic E-state index is 14.6. The number of rotatable bonds is 8. The van der Waals surface area contributed by atoms with Crippen LogP contribution in [-0.2, 0) is 61.9 Å². The third-order valence-corrected chi connectivity index (χ3v) is 16.5. The highest BCUT2D eigenvalue weighted by atomic mass is 16.9. The summed E-state index contributed by atoms with van der Waals surface area (Å²) in [4.78, 5) is 85.4. The molecule has 1 saturated carbocycles. The van der Waals surface area contributed by atoms with E-state index in [1.807, 2.05) is 44.2 Å². The molecule has 0 spiro atoms. The molecule has 19 atom stereocenters. The first-order chi connectivity index (χ1) is 36.8. The predicted octanol–water partition coefficient (Wildman–Crippen LogP) is 4.10. The van der Waals surface area contributed by atoms with E-state index >= 15 is 0 Å². The molecule has 4 aliphatic heterocycles. The molecule has 0 aromatic heterocycles. The van der Waals surface area contributed by atoms with Crippen molar-refractivity contribution in [1.82, 2.24) is 4.90 Å². The normalized spacial score (nSPS) is 40.0. The Morgan fingerprint density at radius 2 is 1.55 bits per heavy atom. The number of ether oxygens (including phenoxy) is 8. The molecule has 0 radical (unpaired) electrons. The second kappa shape index (κ2) is 28.9. The van der Waals surface area contributed by atoms with Gasteiger partial charge in [-0.15, -0.1) is 0 Å². The van der Waals surface area contributed by atoms with Crippen molar-refractivity contribution in [1.29, 1.82) is 0 Å². The van der Waals surface area contributed by atoms with Crippen LogP contribution in [0.4, 0.5) is 4.79 Å². The summed E-state index contributed by atoms with van der Waals surface area (Å²) < 4.78 is 44.9. The van der Waals surface area contributed by atoms with E-state index in [0.717, 1.165) is 10.5 Å². The number of aliphatic hydroxyl groups is 6. The number of hydrogen-bond donors (Lipinski definition) is 6. The summed E-state index contributed by atoms with van der Waals surface area (Å²) in [6, 6.07) is -1.25. The van der Waals surface area contributed by atoms with Crippen molar-refractivity contribution in [3.05, 3.63) is 47.6 Å². The largest absolute Gasteiger partial charge is 0.513 e. The SMILES string of the molecule is CO[C@H]1C[C@@H]2CC[C@@H](C)[C@@](O)(O2)C(=O)C(=O)N2CCCC[C@H]2C(=O)O[C@H]([C@H](C)C[C@H]2CC[C@@H](OC(=O)O[C@@]3(O)OC[C@H](O)[C@H](O)C3O)[C@H](OC)C2)CC(=O)/C(C)=C/C(C)[C@@H](O)[C@@H](OC)C(=O)[C@H](C)C[C@H](C)C=CC=CC=C1C. The highest BCUT2D eigenvalue weighted by Crippen LogP contribution is 2.39. The van der Waals surface area contributed by atoms with Gasteiger partial charge in [0.25, 0.3) is 11.7 Å². The number of carbonyl (C=O) groups is 6. The molecule has 5 rings (SSSR count). The Balaban J connectivity index is 1.42. The number of esters is 1. The number of aliphatic hydroxyl groups excluding tert-OH is 4. The first kappa shape index (κ1) is 64.6. The first-order valence-electron chi connectivity index (χ1n) is 27.6. The summed E-state index contributed by atoms with van der Waals surface area (Å²) >= 11 is 0. The fraction of sp³-hybridized carbons (Fsp3) is 0.754.